The summed E-state index contributed by atoms with van der Waals surface area (Å²) in [4.78, 5) is 17.3. The molecule has 0 radical (unpaired) electrons. The van der Waals surface area contributed by atoms with Gasteiger partial charge in [0.1, 0.15) is 40.0 Å². The first-order valence-corrected chi connectivity index (χ1v) is 12.2. The number of nitrogens with two attached hydrogens (primary N) is 1. The maximum Gasteiger partial charge on any atom is 0.349 e. The van der Waals surface area contributed by atoms with E-state index in [0.29, 0.717) is 27.2 Å². The minimum absolute atomic E-state index is 0.0630. The summed E-state index contributed by atoms with van der Waals surface area (Å²) >= 11 is 6.13. The molecule has 0 saturated carbocycles. The summed E-state index contributed by atoms with van der Waals surface area (Å²) in [7, 11) is 0. The summed E-state index contributed by atoms with van der Waals surface area (Å²) in [5, 5.41) is 26.8. The third-order valence-electron chi connectivity index (χ3n) is 6.34. The van der Waals surface area contributed by atoms with Crippen LogP contribution in [0.25, 0.3) is 50.3 Å². The number of nitriles is 1. The summed E-state index contributed by atoms with van der Waals surface area (Å²) in [6, 6.07) is 26.9. The van der Waals surface area contributed by atoms with E-state index < -0.39 is 5.63 Å². The van der Waals surface area contributed by atoms with Gasteiger partial charge in [-0.05, 0) is 42.5 Å². The number of hydrogen-bond donors (Lipinski definition) is 2. The molecule has 3 aromatic heterocycles. The molecule has 8 nitrogen and oxygen atoms in total. The summed E-state index contributed by atoms with van der Waals surface area (Å²) in [6.07, 6.45) is 1.78. The van der Waals surface area contributed by atoms with Crippen LogP contribution in [0.2, 0.25) is 5.02 Å². The van der Waals surface area contributed by atoms with E-state index in [-0.39, 0.29) is 34.0 Å². The highest BCUT2D eigenvalue weighted by Gasteiger charge is 2.24. The van der Waals surface area contributed by atoms with E-state index in [1.54, 1.807) is 53.3 Å². The van der Waals surface area contributed by atoms with Gasteiger partial charge in [0.2, 0.25) is 0 Å². The van der Waals surface area contributed by atoms with Crippen LogP contribution >= 0.6 is 11.6 Å². The molecule has 0 bridgehead atoms. The molecule has 0 unspecified atom stereocenters. The second-order valence-corrected chi connectivity index (χ2v) is 9.15. The minimum Gasteiger partial charge on any atom is -0.506 e. The number of hydrogen-bond acceptors (Lipinski definition) is 7. The Balaban J connectivity index is 1.64. The lowest BCUT2D eigenvalue weighted by Crippen LogP contribution is -2.07. The second kappa shape index (κ2) is 9.49. The molecule has 6 aromatic rings. The lowest BCUT2D eigenvalue weighted by Gasteiger charge is -2.11. The monoisotopic (exact) mass is 531 g/mol. The highest BCUT2D eigenvalue weighted by Crippen LogP contribution is 2.39. The molecule has 3 N–H and O–H groups in total. The lowest BCUT2D eigenvalue weighted by molar-refractivity contribution is 0.471. The molecule has 0 aliphatic rings. The van der Waals surface area contributed by atoms with Gasteiger partial charge in [0.25, 0.3) is 0 Å². The fourth-order valence-corrected chi connectivity index (χ4v) is 4.61. The van der Waals surface area contributed by atoms with E-state index in [9.17, 15) is 15.2 Å². The predicted molar refractivity (Wildman–Crippen MR) is 150 cm³/mol. The van der Waals surface area contributed by atoms with Crippen molar-refractivity contribution < 1.29 is 9.52 Å². The number of benzene rings is 3. The largest absolute Gasteiger partial charge is 0.506 e. The van der Waals surface area contributed by atoms with Crippen molar-refractivity contribution in [3.8, 4) is 51.1 Å². The van der Waals surface area contributed by atoms with E-state index in [1.165, 1.54) is 0 Å². The van der Waals surface area contributed by atoms with Crippen LogP contribution in [0.5, 0.6) is 5.75 Å². The van der Waals surface area contributed by atoms with E-state index in [1.807, 2.05) is 42.5 Å². The quantitative estimate of drug-likeness (QED) is 0.259. The van der Waals surface area contributed by atoms with Crippen LogP contribution in [-0.4, -0.2) is 19.9 Å². The summed E-state index contributed by atoms with van der Waals surface area (Å²) in [5.74, 6) is -0.395. The summed E-state index contributed by atoms with van der Waals surface area (Å²) < 4.78 is 7.14. The van der Waals surface area contributed by atoms with Gasteiger partial charge >= 0.3 is 5.63 Å². The van der Waals surface area contributed by atoms with Crippen molar-refractivity contribution in [2.45, 2.75) is 0 Å². The van der Waals surface area contributed by atoms with Crippen LogP contribution in [-0.2, 0) is 0 Å². The molecule has 0 aliphatic heterocycles. The first-order valence-electron chi connectivity index (χ1n) is 11.8. The molecule has 0 aliphatic carbocycles. The Morgan fingerprint density at radius 3 is 2.44 bits per heavy atom. The molecule has 0 amide bonds. The second-order valence-electron chi connectivity index (χ2n) is 8.71. The topological polar surface area (TPSA) is 131 Å². The predicted octanol–water partition coefficient (Wildman–Crippen LogP) is 6.19. The smallest absolute Gasteiger partial charge is 0.349 e. The zero-order valence-corrected chi connectivity index (χ0v) is 20.9. The Morgan fingerprint density at radius 2 is 1.69 bits per heavy atom. The fourth-order valence-electron chi connectivity index (χ4n) is 4.49. The van der Waals surface area contributed by atoms with Crippen LogP contribution < -0.4 is 11.4 Å². The maximum absolute atomic E-state index is 13.0. The lowest BCUT2D eigenvalue weighted by atomic mass is 9.96. The summed E-state index contributed by atoms with van der Waals surface area (Å²) in [5.41, 5.74) is 8.77. The van der Waals surface area contributed by atoms with E-state index in [0.717, 1.165) is 11.3 Å². The highest BCUT2D eigenvalue weighted by atomic mass is 35.5. The zero-order valence-electron chi connectivity index (χ0n) is 20.2. The van der Waals surface area contributed by atoms with Gasteiger partial charge in [0.15, 0.2) is 0 Å². The molecule has 188 valence electrons. The van der Waals surface area contributed by atoms with Gasteiger partial charge in [-0.25, -0.2) is 14.5 Å². The van der Waals surface area contributed by atoms with Gasteiger partial charge in [-0.2, -0.15) is 10.4 Å². The Kier molecular flexibility index (Phi) is 5.83. The number of anilines is 1. The number of pyridine rings is 1. The average molecular weight is 532 g/mol. The van der Waals surface area contributed by atoms with Crippen LogP contribution in [0.3, 0.4) is 0 Å². The van der Waals surface area contributed by atoms with Gasteiger partial charge in [0, 0.05) is 27.9 Å². The number of fused-ring (bicyclic) bond motifs is 1. The molecule has 0 spiro atoms. The van der Waals surface area contributed by atoms with E-state index >= 15 is 0 Å². The zero-order chi connectivity index (χ0) is 27.1. The Hall–Kier alpha value is -5.39. The fraction of sp³-hybridized carbons (Fsp3) is 0. The molecule has 3 aromatic carbocycles. The summed E-state index contributed by atoms with van der Waals surface area (Å²) in [6.45, 7) is 0. The number of halogens is 1. The Labute approximate surface area is 226 Å². The van der Waals surface area contributed by atoms with Crippen molar-refractivity contribution in [2.75, 3.05) is 5.73 Å². The first kappa shape index (κ1) is 24.0. The van der Waals surface area contributed by atoms with Crippen molar-refractivity contribution in [1.29, 1.82) is 5.26 Å². The first-order chi connectivity index (χ1) is 18.9. The van der Waals surface area contributed by atoms with Crippen LogP contribution in [0.15, 0.2) is 100 Å². The molecule has 0 atom stereocenters. The van der Waals surface area contributed by atoms with E-state index in [4.69, 9.17) is 26.9 Å². The van der Waals surface area contributed by atoms with Gasteiger partial charge in [-0.3, -0.25) is 0 Å². The molecule has 9 heteroatoms. The van der Waals surface area contributed by atoms with Crippen molar-refractivity contribution in [1.82, 2.24) is 14.8 Å². The Bertz CT molecular complexity index is 1970. The average Bonchev–Trinajstić information content (AvgIpc) is 3.39. The van der Waals surface area contributed by atoms with Gasteiger partial charge in [0.05, 0.1) is 16.8 Å². The number of rotatable bonds is 4. The molecule has 39 heavy (non-hydrogen) atoms. The number of para-hydroxylation sites is 2. The number of aromatic nitrogens is 3. The van der Waals surface area contributed by atoms with Crippen molar-refractivity contribution in [3.63, 3.8) is 0 Å². The third kappa shape index (κ3) is 4.17. The van der Waals surface area contributed by atoms with Crippen molar-refractivity contribution in [3.05, 3.63) is 112 Å². The van der Waals surface area contributed by atoms with Gasteiger partial charge in [-0.15, -0.1) is 0 Å². The number of aromatic hydroxyl groups is 1. The molecule has 0 fully saturated rings. The standard InChI is InChI=1S/C30H18ClN5O3/c31-18-12-10-17(11-13-18)27-23(16-36(35-27)19-6-2-1-3-7-19)21-14-24(34-29(33)22(21)15-32)26-28(37)20-8-4-5-9-25(20)39-30(26)38/h1-14,16,37H,(H2,33,34). The maximum atomic E-state index is 13.0. The normalized spacial score (nSPS) is 11.0. The molecular formula is C30H18ClN5O3. The van der Waals surface area contributed by atoms with E-state index in [2.05, 4.69) is 11.1 Å². The minimum atomic E-state index is -0.785. The number of nitrogen functional groups attached to an aromatic ring is 1. The molecule has 0 saturated heterocycles. The van der Waals surface area contributed by atoms with Gasteiger partial charge in [-0.1, -0.05) is 54.1 Å². The van der Waals surface area contributed by atoms with Crippen LogP contribution in [0.4, 0.5) is 5.82 Å². The molecule has 6 rings (SSSR count). The molecular weight excluding hydrogens is 514 g/mol. The van der Waals surface area contributed by atoms with Crippen LogP contribution in [0, 0.1) is 11.3 Å². The van der Waals surface area contributed by atoms with Crippen molar-refractivity contribution in [2.24, 2.45) is 0 Å². The number of nitrogens with zero attached hydrogens (tertiary/aromatic N) is 4. The SMILES string of the molecule is N#Cc1c(-c2cn(-c3ccccc3)nc2-c2ccc(Cl)cc2)cc(-c2c(O)c3ccccc3oc2=O)nc1N. The third-order valence-corrected chi connectivity index (χ3v) is 6.60. The Morgan fingerprint density at radius 1 is 0.974 bits per heavy atom. The van der Waals surface area contributed by atoms with Crippen molar-refractivity contribution >= 4 is 28.4 Å². The van der Waals surface area contributed by atoms with Gasteiger partial charge < -0.3 is 15.3 Å². The highest BCUT2D eigenvalue weighted by molar-refractivity contribution is 6.30. The van der Waals surface area contributed by atoms with Crippen LogP contribution in [0.1, 0.15) is 5.56 Å². The molecule has 3 heterocycles.